The number of hydrogen-bond acceptors (Lipinski definition) is 3. The fourth-order valence-corrected chi connectivity index (χ4v) is 14.2. The minimum atomic E-state index is 0.355. The topological polar surface area (TPSA) is 47.4 Å². The predicted molar refractivity (Wildman–Crippen MR) is 239 cm³/mol. The number of rotatable bonds is 7. The fourth-order valence-electron chi connectivity index (χ4n) is 14.2. The van der Waals surface area contributed by atoms with Crippen LogP contribution in [0, 0.1) is 48.7 Å². The van der Waals surface area contributed by atoms with Gasteiger partial charge in [0.25, 0.3) is 0 Å². The van der Waals surface area contributed by atoms with Crippen molar-refractivity contribution in [1.29, 1.82) is 0 Å². The summed E-state index contributed by atoms with van der Waals surface area (Å²) in [6.07, 6.45) is 16.9. The first kappa shape index (κ1) is 36.0. The lowest BCUT2D eigenvalue weighted by Crippen LogP contribution is -2.48. The van der Waals surface area contributed by atoms with Crippen LogP contribution in [0.25, 0.3) is 66.1 Å². The number of aromatic nitrogens is 3. The van der Waals surface area contributed by atoms with Crippen LogP contribution < -0.4 is 0 Å². The van der Waals surface area contributed by atoms with E-state index in [4.69, 9.17) is 28.1 Å². The Hall–Kier alpha value is -5.91. The maximum atomic E-state index is 7.68. The van der Waals surface area contributed by atoms with E-state index in [0.717, 1.165) is 63.3 Å². The third-order valence-corrected chi connectivity index (χ3v) is 16.1. The van der Waals surface area contributed by atoms with Gasteiger partial charge in [0.15, 0.2) is 28.8 Å². The van der Waals surface area contributed by atoms with Crippen molar-refractivity contribution in [3.63, 3.8) is 0 Å². The molecule has 0 radical (unpaired) electrons. The summed E-state index contributed by atoms with van der Waals surface area (Å²) in [5.41, 5.74) is 12.1. The average Bonchev–Trinajstić information content (AvgIpc) is 3.28. The Kier molecular flexibility index (Phi) is 8.29. The van der Waals surface area contributed by atoms with Crippen LogP contribution in [0.3, 0.4) is 0 Å². The zero-order valence-electron chi connectivity index (χ0n) is 34.2. The van der Waals surface area contributed by atoms with Gasteiger partial charge in [-0.25, -0.2) is 24.6 Å². The molecule has 60 heavy (non-hydrogen) atoms. The van der Waals surface area contributed by atoms with Crippen molar-refractivity contribution in [3.8, 4) is 56.4 Å². The van der Waals surface area contributed by atoms with Gasteiger partial charge in [0.05, 0.1) is 13.1 Å². The van der Waals surface area contributed by atoms with Crippen molar-refractivity contribution in [2.24, 2.45) is 35.5 Å². The lowest BCUT2D eigenvalue weighted by Gasteiger charge is -2.57. The lowest BCUT2D eigenvalue weighted by atomic mass is 9.48. The van der Waals surface area contributed by atoms with E-state index in [2.05, 4.69) is 76.4 Å². The van der Waals surface area contributed by atoms with Crippen LogP contribution in [0.15, 0.2) is 115 Å². The molecule has 8 fully saturated rings. The van der Waals surface area contributed by atoms with Crippen molar-refractivity contribution in [2.75, 3.05) is 0 Å². The number of nitrogens with zero attached hydrogens (tertiary/aromatic N) is 5. The molecule has 0 amide bonds. The Labute approximate surface area is 354 Å². The van der Waals surface area contributed by atoms with E-state index >= 15 is 0 Å². The predicted octanol–water partition coefficient (Wildman–Crippen LogP) is 14.2. The zero-order chi connectivity index (χ0) is 40.0. The summed E-state index contributed by atoms with van der Waals surface area (Å²) in [4.78, 5) is 22.6. The molecular weight excluding hydrogens is 731 g/mol. The first-order chi connectivity index (χ1) is 29.4. The van der Waals surface area contributed by atoms with E-state index in [1.165, 1.54) is 88.2 Å². The highest BCUT2D eigenvalue weighted by atomic mass is 15.0. The van der Waals surface area contributed by atoms with E-state index in [9.17, 15) is 0 Å². The molecule has 1 aromatic heterocycles. The van der Waals surface area contributed by atoms with Gasteiger partial charge in [-0.15, -0.1) is 0 Å². The highest BCUT2D eigenvalue weighted by molar-refractivity contribution is 5.81. The van der Waals surface area contributed by atoms with Crippen LogP contribution in [0.1, 0.15) is 88.2 Å². The molecule has 0 aliphatic heterocycles. The Morgan fingerprint density at radius 1 is 0.367 bits per heavy atom. The second-order valence-electron chi connectivity index (χ2n) is 20.0. The van der Waals surface area contributed by atoms with Crippen LogP contribution in [0.2, 0.25) is 0 Å². The van der Waals surface area contributed by atoms with Gasteiger partial charge in [-0.2, -0.15) is 0 Å². The minimum absolute atomic E-state index is 0.355. The fraction of sp³-hybridized carbons (Fsp3) is 0.364. The van der Waals surface area contributed by atoms with Gasteiger partial charge in [0.2, 0.25) is 0 Å². The Balaban J connectivity index is 0.974. The van der Waals surface area contributed by atoms with E-state index in [0.29, 0.717) is 39.7 Å². The van der Waals surface area contributed by atoms with Crippen LogP contribution >= 0.6 is 0 Å². The highest BCUT2D eigenvalue weighted by Gasteiger charge is 2.52. The molecule has 1 heterocycles. The molecule has 5 heteroatoms. The molecular formula is C55H49N5. The molecule has 0 saturated heterocycles. The van der Waals surface area contributed by atoms with Crippen LogP contribution in [-0.4, -0.2) is 15.0 Å². The summed E-state index contributed by atoms with van der Waals surface area (Å²) >= 11 is 0. The summed E-state index contributed by atoms with van der Waals surface area (Å²) in [5.74, 6) is 7.10. The summed E-state index contributed by atoms with van der Waals surface area (Å²) in [7, 11) is 0. The molecule has 8 aliphatic carbocycles. The summed E-state index contributed by atoms with van der Waals surface area (Å²) in [6.45, 7) is 15.2. The van der Waals surface area contributed by atoms with Crippen molar-refractivity contribution >= 4 is 11.4 Å². The van der Waals surface area contributed by atoms with Gasteiger partial charge in [-0.3, -0.25) is 0 Å². The maximum absolute atomic E-state index is 7.68. The third-order valence-electron chi connectivity index (χ3n) is 16.1. The number of hydrogen-bond donors (Lipinski definition) is 0. The van der Waals surface area contributed by atoms with Gasteiger partial charge in [-0.05, 0) is 181 Å². The molecule has 14 rings (SSSR count). The van der Waals surface area contributed by atoms with Gasteiger partial charge < -0.3 is 0 Å². The zero-order valence-corrected chi connectivity index (χ0v) is 34.2. The van der Waals surface area contributed by atoms with E-state index in [1.807, 2.05) is 42.5 Å². The lowest BCUT2D eigenvalue weighted by molar-refractivity contribution is -0.00530. The Morgan fingerprint density at radius 2 is 0.750 bits per heavy atom. The molecule has 0 unspecified atom stereocenters. The largest absolute Gasteiger partial charge is 0.238 e. The van der Waals surface area contributed by atoms with Crippen molar-refractivity contribution in [3.05, 3.63) is 149 Å². The van der Waals surface area contributed by atoms with Gasteiger partial charge in [0.1, 0.15) is 0 Å². The molecule has 6 aromatic rings. The molecule has 8 saturated carbocycles. The van der Waals surface area contributed by atoms with E-state index in [1.54, 1.807) is 17.2 Å². The smallest absolute Gasteiger partial charge is 0.187 e. The summed E-state index contributed by atoms with van der Waals surface area (Å²) in [6, 6.07) is 41.0. The third kappa shape index (κ3) is 6.20. The summed E-state index contributed by atoms with van der Waals surface area (Å²) < 4.78 is 0. The van der Waals surface area contributed by atoms with Crippen molar-refractivity contribution in [2.45, 2.75) is 87.9 Å². The Morgan fingerprint density at radius 3 is 1.18 bits per heavy atom. The normalized spacial score (nSPS) is 29.3. The van der Waals surface area contributed by atoms with Crippen LogP contribution in [-0.2, 0) is 10.8 Å². The molecule has 0 spiro atoms. The van der Waals surface area contributed by atoms with E-state index < -0.39 is 0 Å². The minimum Gasteiger partial charge on any atom is -0.238 e. The standard InChI is InChI=1S/C55H49N5/c1-56-49-16-10-42(11-17-49)51-58-52(43-4-3-5-50(27-43)57-2)60-53(59-51)46-25-44(40-6-12-47(13-7-40)54-28-34-18-35(29-54)20-36(19-34)30-54)24-45(26-46)41-8-14-48(15-9-41)55-31-37-21-38(32-55)23-39(22-37)33-55/h3-17,24-27,34-39H,18-23,28-33H2. The quantitative estimate of drug-likeness (QED) is 0.152. The highest BCUT2D eigenvalue weighted by Crippen LogP contribution is 2.62. The van der Waals surface area contributed by atoms with E-state index in [-0.39, 0.29) is 0 Å². The van der Waals surface area contributed by atoms with Crippen LogP contribution in [0.4, 0.5) is 11.4 Å². The molecule has 8 aliphatic rings. The molecule has 294 valence electrons. The molecule has 5 aromatic carbocycles. The second kappa shape index (κ2) is 13.8. The molecule has 0 atom stereocenters. The molecule has 0 N–H and O–H groups in total. The van der Waals surface area contributed by atoms with Crippen LogP contribution in [0.5, 0.6) is 0 Å². The van der Waals surface area contributed by atoms with Gasteiger partial charge in [-0.1, -0.05) is 91.0 Å². The van der Waals surface area contributed by atoms with Crippen molar-refractivity contribution in [1.82, 2.24) is 15.0 Å². The second-order valence-corrected chi connectivity index (χ2v) is 20.0. The molecule has 8 bridgehead atoms. The summed E-state index contributed by atoms with van der Waals surface area (Å²) in [5, 5.41) is 0. The Bertz CT molecular complexity index is 2560. The monoisotopic (exact) mass is 779 g/mol. The van der Waals surface area contributed by atoms with Gasteiger partial charge in [0, 0.05) is 16.7 Å². The van der Waals surface area contributed by atoms with Crippen molar-refractivity contribution < 1.29 is 0 Å². The first-order valence-corrected chi connectivity index (χ1v) is 22.5. The first-order valence-electron chi connectivity index (χ1n) is 22.5. The average molecular weight is 780 g/mol. The maximum Gasteiger partial charge on any atom is 0.187 e. The van der Waals surface area contributed by atoms with Gasteiger partial charge >= 0.3 is 0 Å². The SMILES string of the molecule is [C-]#[N+]c1ccc(-c2nc(-c3cccc([N+]#[C-])c3)nc(-c3cc(-c4ccc(C56CC7CC(CC(C7)C5)C6)cc4)cc(-c4ccc(C56CC7CC(CC(C7)C5)C6)cc4)c3)n2)cc1. The number of benzene rings is 5. The molecule has 5 nitrogen and oxygen atoms in total.